The monoisotopic (exact) mass is 245 g/mol. The Balaban J connectivity index is 2.49. The molecule has 0 aliphatic carbocycles. The number of hydrogen-bond acceptors (Lipinski definition) is 2. The van der Waals surface area contributed by atoms with Crippen molar-refractivity contribution in [3.8, 4) is 0 Å². The molecule has 0 spiro atoms. The molecule has 0 aromatic heterocycles. The second-order valence-electron chi connectivity index (χ2n) is 5.44. The van der Waals surface area contributed by atoms with Crippen molar-refractivity contribution in [1.29, 1.82) is 0 Å². The van der Waals surface area contributed by atoms with Crippen LogP contribution in [-0.4, -0.2) is 17.9 Å². The Hall–Kier alpha value is -1.31. The minimum absolute atomic E-state index is 0.166. The summed E-state index contributed by atoms with van der Waals surface area (Å²) >= 11 is 0. The zero-order valence-corrected chi connectivity index (χ0v) is 11.9. The van der Waals surface area contributed by atoms with Crippen molar-refractivity contribution in [1.82, 2.24) is 0 Å². The van der Waals surface area contributed by atoms with Crippen LogP contribution in [0.15, 0.2) is 18.2 Å². The average Bonchev–Trinajstić information content (AvgIpc) is 2.68. The first-order valence-electron chi connectivity index (χ1n) is 6.96. The first-order valence-corrected chi connectivity index (χ1v) is 6.96. The lowest BCUT2D eigenvalue weighted by atomic mass is 10.0. The highest BCUT2D eigenvalue weighted by Crippen LogP contribution is 2.33. The summed E-state index contributed by atoms with van der Waals surface area (Å²) < 4.78 is 0. The molecule has 1 fully saturated rings. The Morgan fingerprint density at radius 2 is 1.89 bits per heavy atom. The van der Waals surface area contributed by atoms with Gasteiger partial charge in [0.2, 0.25) is 0 Å². The summed E-state index contributed by atoms with van der Waals surface area (Å²) in [5.74, 6) is 0.166. The number of nitrogens with zero attached hydrogens (tertiary/aromatic N) is 1. The van der Waals surface area contributed by atoms with E-state index < -0.39 is 0 Å². The summed E-state index contributed by atoms with van der Waals surface area (Å²) in [7, 11) is 0. The van der Waals surface area contributed by atoms with Crippen LogP contribution in [0.1, 0.15) is 56.5 Å². The van der Waals surface area contributed by atoms with Crippen molar-refractivity contribution in [3.05, 3.63) is 29.3 Å². The van der Waals surface area contributed by atoms with E-state index in [1.54, 1.807) is 6.92 Å². The summed E-state index contributed by atoms with van der Waals surface area (Å²) in [5, 5.41) is 0. The van der Waals surface area contributed by atoms with E-state index in [4.69, 9.17) is 0 Å². The first-order chi connectivity index (χ1) is 8.54. The Bertz CT molecular complexity index is 442. The second kappa shape index (κ2) is 5.13. The van der Waals surface area contributed by atoms with Gasteiger partial charge in [-0.2, -0.15) is 0 Å². The molecule has 2 rings (SSSR count). The molecular weight excluding hydrogens is 222 g/mol. The molecule has 2 heteroatoms. The van der Waals surface area contributed by atoms with E-state index in [2.05, 4.69) is 37.8 Å². The maximum Gasteiger partial charge on any atom is 0.161 e. The molecule has 1 aromatic rings. The van der Waals surface area contributed by atoms with E-state index in [1.807, 2.05) is 6.07 Å². The molecule has 1 aliphatic rings. The molecule has 98 valence electrons. The highest BCUT2D eigenvalue weighted by atomic mass is 16.1. The molecule has 1 aromatic carbocycles. The van der Waals surface area contributed by atoms with E-state index in [9.17, 15) is 4.79 Å². The zero-order chi connectivity index (χ0) is 13.3. The van der Waals surface area contributed by atoms with Crippen LogP contribution in [0.2, 0.25) is 0 Å². The predicted octanol–water partition coefficient (Wildman–Crippen LogP) is 3.83. The van der Waals surface area contributed by atoms with E-state index in [-0.39, 0.29) is 5.78 Å². The minimum atomic E-state index is 0.166. The Labute approximate surface area is 110 Å². The Morgan fingerprint density at radius 1 is 1.28 bits per heavy atom. The molecule has 0 N–H and O–H groups in total. The van der Waals surface area contributed by atoms with Crippen LogP contribution in [-0.2, 0) is 6.42 Å². The third kappa shape index (κ3) is 2.29. The summed E-state index contributed by atoms with van der Waals surface area (Å²) in [6.45, 7) is 8.33. The van der Waals surface area contributed by atoms with Crippen LogP contribution >= 0.6 is 0 Å². The lowest BCUT2D eigenvalue weighted by molar-refractivity contribution is 0.101. The standard InChI is InChI=1S/C16H23NO/c1-5-14-8-9-15(13(4)18)16(10-14)17-11(2)6-7-12(17)3/h8-12H,5-7H2,1-4H3. The van der Waals surface area contributed by atoms with E-state index in [0.717, 1.165) is 17.7 Å². The molecule has 1 aliphatic heterocycles. The number of aryl methyl sites for hydroxylation is 1. The lowest BCUT2D eigenvalue weighted by Gasteiger charge is -2.30. The van der Waals surface area contributed by atoms with Gasteiger partial charge in [-0.3, -0.25) is 4.79 Å². The van der Waals surface area contributed by atoms with Gasteiger partial charge in [-0.25, -0.2) is 0 Å². The van der Waals surface area contributed by atoms with Crippen LogP contribution < -0.4 is 4.90 Å². The summed E-state index contributed by atoms with van der Waals surface area (Å²) in [6.07, 6.45) is 3.45. The average molecular weight is 245 g/mol. The molecule has 1 saturated heterocycles. The van der Waals surface area contributed by atoms with Crippen LogP contribution in [0.25, 0.3) is 0 Å². The van der Waals surface area contributed by atoms with Gasteiger partial charge in [0.1, 0.15) is 0 Å². The van der Waals surface area contributed by atoms with Crippen molar-refractivity contribution in [3.63, 3.8) is 0 Å². The third-order valence-electron chi connectivity index (χ3n) is 4.08. The van der Waals surface area contributed by atoms with Gasteiger partial charge < -0.3 is 4.90 Å². The number of ketones is 1. The normalized spacial score (nSPS) is 23.4. The highest BCUT2D eigenvalue weighted by molar-refractivity contribution is 6.00. The largest absolute Gasteiger partial charge is 0.366 e. The first kappa shape index (κ1) is 13.1. The molecule has 0 amide bonds. The van der Waals surface area contributed by atoms with Gasteiger partial charge in [-0.05, 0) is 57.7 Å². The molecule has 0 saturated carbocycles. The smallest absolute Gasteiger partial charge is 0.161 e. The fraction of sp³-hybridized carbons (Fsp3) is 0.562. The van der Waals surface area contributed by atoms with Gasteiger partial charge in [0, 0.05) is 23.3 Å². The predicted molar refractivity (Wildman–Crippen MR) is 76.5 cm³/mol. The maximum atomic E-state index is 11.8. The number of carbonyl (C=O) groups is 1. The highest BCUT2D eigenvalue weighted by Gasteiger charge is 2.29. The molecular formula is C16H23NO. The van der Waals surface area contributed by atoms with Gasteiger partial charge in [0.05, 0.1) is 0 Å². The molecule has 1 heterocycles. The number of carbonyl (C=O) groups excluding carboxylic acids is 1. The van der Waals surface area contributed by atoms with Gasteiger partial charge >= 0.3 is 0 Å². The van der Waals surface area contributed by atoms with Crippen LogP contribution in [0.4, 0.5) is 5.69 Å². The maximum absolute atomic E-state index is 11.8. The molecule has 2 nitrogen and oxygen atoms in total. The number of hydrogen-bond donors (Lipinski definition) is 0. The van der Waals surface area contributed by atoms with Gasteiger partial charge in [0.25, 0.3) is 0 Å². The summed E-state index contributed by atoms with van der Waals surface area (Å²) in [6, 6.07) is 7.34. The van der Waals surface area contributed by atoms with Crippen molar-refractivity contribution < 1.29 is 4.79 Å². The van der Waals surface area contributed by atoms with Crippen LogP contribution in [0.5, 0.6) is 0 Å². The van der Waals surface area contributed by atoms with Crippen LogP contribution in [0.3, 0.4) is 0 Å². The Kier molecular flexibility index (Phi) is 3.74. The summed E-state index contributed by atoms with van der Waals surface area (Å²) in [5.41, 5.74) is 3.31. The molecule has 18 heavy (non-hydrogen) atoms. The lowest BCUT2D eigenvalue weighted by Crippen LogP contribution is -2.33. The third-order valence-corrected chi connectivity index (χ3v) is 4.08. The SMILES string of the molecule is CCc1ccc(C(C)=O)c(N2C(C)CCC2C)c1. The molecule has 0 bridgehead atoms. The molecule has 2 unspecified atom stereocenters. The van der Waals surface area contributed by atoms with Gasteiger partial charge in [-0.15, -0.1) is 0 Å². The number of rotatable bonds is 3. The quantitative estimate of drug-likeness (QED) is 0.754. The van der Waals surface area contributed by atoms with E-state index in [0.29, 0.717) is 12.1 Å². The molecule has 0 radical (unpaired) electrons. The van der Waals surface area contributed by atoms with Crippen molar-refractivity contribution in [2.45, 2.75) is 59.0 Å². The zero-order valence-electron chi connectivity index (χ0n) is 11.9. The number of Topliss-reactive ketones (excluding diaryl/α,β-unsaturated/α-hetero) is 1. The minimum Gasteiger partial charge on any atom is -0.366 e. The van der Waals surface area contributed by atoms with E-state index >= 15 is 0 Å². The topological polar surface area (TPSA) is 20.3 Å². The fourth-order valence-corrected chi connectivity index (χ4v) is 2.98. The van der Waals surface area contributed by atoms with Gasteiger partial charge in [-0.1, -0.05) is 13.0 Å². The van der Waals surface area contributed by atoms with Crippen molar-refractivity contribution in [2.75, 3.05) is 4.90 Å². The van der Waals surface area contributed by atoms with Crippen molar-refractivity contribution >= 4 is 11.5 Å². The molecule has 2 atom stereocenters. The van der Waals surface area contributed by atoms with Crippen molar-refractivity contribution in [2.24, 2.45) is 0 Å². The number of anilines is 1. The fourth-order valence-electron chi connectivity index (χ4n) is 2.98. The van der Waals surface area contributed by atoms with E-state index in [1.165, 1.54) is 18.4 Å². The second-order valence-corrected chi connectivity index (χ2v) is 5.44. The summed E-state index contributed by atoms with van der Waals surface area (Å²) in [4.78, 5) is 14.2. The Morgan fingerprint density at radius 3 is 2.39 bits per heavy atom. The van der Waals surface area contributed by atoms with Gasteiger partial charge in [0.15, 0.2) is 5.78 Å². The van der Waals surface area contributed by atoms with Crippen LogP contribution in [0, 0.1) is 0 Å². The number of benzene rings is 1.